The smallest absolute Gasteiger partial charge is 0.272 e. The van der Waals surface area contributed by atoms with Crippen molar-refractivity contribution in [1.29, 1.82) is 0 Å². The Bertz CT molecular complexity index is 840. The van der Waals surface area contributed by atoms with Crippen molar-refractivity contribution in [2.45, 2.75) is 37.8 Å². The average Bonchev–Trinajstić information content (AvgIpc) is 2.73. The highest BCUT2D eigenvalue weighted by molar-refractivity contribution is 5.95. The highest BCUT2D eigenvalue weighted by Gasteiger charge is 2.47. The molecular weight excluding hydrogens is 338 g/mol. The molecule has 0 spiro atoms. The Balaban J connectivity index is 1.41. The third-order valence-electron chi connectivity index (χ3n) is 6.91. The summed E-state index contributed by atoms with van der Waals surface area (Å²) < 4.78 is 0. The summed E-state index contributed by atoms with van der Waals surface area (Å²) in [6, 6.07) is 12.5. The third kappa shape index (κ3) is 2.93. The molecule has 5 heteroatoms. The van der Waals surface area contributed by atoms with Gasteiger partial charge in [0.1, 0.15) is 5.69 Å². The molecule has 5 rings (SSSR count). The average molecular weight is 365 g/mol. The summed E-state index contributed by atoms with van der Waals surface area (Å²) in [5.74, 6) is 0.931. The normalized spacial score (nSPS) is 30.9. The molecule has 0 aliphatic carbocycles. The van der Waals surface area contributed by atoms with Gasteiger partial charge < -0.3 is 10.0 Å². The van der Waals surface area contributed by atoms with Crippen LogP contribution in [-0.2, 0) is 0 Å². The molecule has 4 atom stereocenters. The first-order valence-electron chi connectivity index (χ1n) is 10.3. The monoisotopic (exact) mass is 365 g/mol. The van der Waals surface area contributed by atoms with Crippen LogP contribution in [-0.4, -0.2) is 64.1 Å². The van der Waals surface area contributed by atoms with Crippen molar-refractivity contribution in [1.82, 2.24) is 14.8 Å². The van der Waals surface area contributed by atoms with Crippen molar-refractivity contribution in [3.63, 3.8) is 0 Å². The standard InChI is InChI=1S/C22H27N3O2/c26-14-21-17-11-16(20-7-3-4-10-25(20)21)12-24(13-17)22(27)19-9-8-15-5-1-2-6-18(15)23-19/h1-2,5-6,8-9,16-17,20-21,26H,3-4,7,10-14H2/t16-,17+,20+,21+/m1/s1. The van der Waals surface area contributed by atoms with Gasteiger partial charge >= 0.3 is 0 Å². The molecular formula is C22H27N3O2. The minimum atomic E-state index is 0.0383. The zero-order valence-electron chi connectivity index (χ0n) is 15.6. The van der Waals surface area contributed by atoms with Crippen LogP contribution in [0, 0.1) is 11.8 Å². The number of piperidine rings is 3. The number of aromatic nitrogens is 1. The van der Waals surface area contributed by atoms with E-state index in [1.54, 1.807) is 0 Å². The van der Waals surface area contributed by atoms with E-state index in [9.17, 15) is 9.90 Å². The molecule has 1 amide bonds. The summed E-state index contributed by atoms with van der Waals surface area (Å²) in [6.45, 7) is 2.86. The lowest BCUT2D eigenvalue weighted by Gasteiger charge is -2.56. The number of hydrogen-bond acceptors (Lipinski definition) is 4. The van der Waals surface area contributed by atoms with Crippen molar-refractivity contribution in [2.75, 3.05) is 26.2 Å². The fourth-order valence-corrected chi connectivity index (χ4v) is 5.67. The number of para-hydroxylation sites is 1. The number of carbonyl (C=O) groups is 1. The Labute approximate surface area is 160 Å². The van der Waals surface area contributed by atoms with E-state index in [0.29, 0.717) is 23.6 Å². The molecule has 2 bridgehead atoms. The lowest BCUT2D eigenvalue weighted by Crippen LogP contribution is -2.65. The van der Waals surface area contributed by atoms with Crippen molar-refractivity contribution in [2.24, 2.45) is 11.8 Å². The van der Waals surface area contributed by atoms with Crippen LogP contribution in [0.1, 0.15) is 36.2 Å². The number of nitrogens with zero attached hydrogens (tertiary/aromatic N) is 3. The lowest BCUT2D eigenvalue weighted by molar-refractivity contribution is -0.0795. The molecule has 2 aromatic rings. The molecule has 0 saturated carbocycles. The summed E-state index contributed by atoms with van der Waals surface area (Å²) in [5.41, 5.74) is 1.40. The lowest BCUT2D eigenvalue weighted by atomic mass is 9.72. The highest BCUT2D eigenvalue weighted by atomic mass is 16.3. The summed E-state index contributed by atoms with van der Waals surface area (Å²) >= 11 is 0. The number of pyridine rings is 1. The maximum atomic E-state index is 13.2. The summed E-state index contributed by atoms with van der Waals surface area (Å²) in [5, 5.41) is 11.1. The maximum Gasteiger partial charge on any atom is 0.272 e. The van der Waals surface area contributed by atoms with Gasteiger partial charge in [0.25, 0.3) is 5.91 Å². The van der Waals surface area contributed by atoms with Gasteiger partial charge in [-0.25, -0.2) is 4.98 Å². The minimum Gasteiger partial charge on any atom is -0.395 e. The number of aliphatic hydroxyl groups excluding tert-OH is 1. The molecule has 4 heterocycles. The van der Waals surface area contributed by atoms with Gasteiger partial charge in [-0.3, -0.25) is 9.69 Å². The Hall–Kier alpha value is -1.98. The van der Waals surface area contributed by atoms with Crippen LogP contribution in [0.3, 0.4) is 0 Å². The molecule has 1 aromatic carbocycles. The Morgan fingerprint density at radius 2 is 1.96 bits per heavy atom. The van der Waals surface area contributed by atoms with Crippen LogP contribution in [0.4, 0.5) is 0 Å². The molecule has 3 saturated heterocycles. The van der Waals surface area contributed by atoms with Crippen molar-refractivity contribution in [3.8, 4) is 0 Å². The first kappa shape index (κ1) is 17.1. The zero-order valence-corrected chi connectivity index (χ0v) is 15.6. The van der Waals surface area contributed by atoms with E-state index in [4.69, 9.17) is 0 Å². The predicted molar refractivity (Wildman–Crippen MR) is 104 cm³/mol. The Morgan fingerprint density at radius 1 is 1.11 bits per heavy atom. The number of carbonyl (C=O) groups excluding carboxylic acids is 1. The fraction of sp³-hybridized carbons (Fsp3) is 0.545. The molecule has 3 aliphatic rings. The fourth-order valence-electron chi connectivity index (χ4n) is 5.67. The van der Waals surface area contributed by atoms with E-state index in [1.807, 2.05) is 41.3 Å². The van der Waals surface area contributed by atoms with Gasteiger partial charge in [0.05, 0.1) is 12.1 Å². The van der Waals surface area contributed by atoms with Gasteiger partial charge in [-0.2, -0.15) is 0 Å². The predicted octanol–water partition coefficient (Wildman–Crippen LogP) is 2.54. The SMILES string of the molecule is O=C(c1ccc2ccccc2n1)N1C[C@H]2C[C@@H](C1)[C@H](CO)N1CCCC[C@@H]21. The first-order valence-corrected chi connectivity index (χ1v) is 10.3. The molecule has 3 aliphatic heterocycles. The van der Waals surface area contributed by atoms with Crippen molar-refractivity contribution < 1.29 is 9.90 Å². The number of rotatable bonds is 2. The second-order valence-electron chi connectivity index (χ2n) is 8.41. The summed E-state index contributed by atoms with van der Waals surface area (Å²) in [4.78, 5) is 22.4. The van der Waals surface area contributed by atoms with Crippen LogP contribution in [0.2, 0.25) is 0 Å². The number of likely N-dealkylation sites (tertiary alicyclic amines) is 1. The second kappa shape index (κ2) is 6.88. The minimum absolute atomic E-state index is 0.0383. The van der Waals surface area contributed by atoms with Gasteiger partial charge in [-0.15, -0.1) is 0 Å². The van der Waals surface area contributed by atoms with Gasteiger partial charge in [-0.1, -0.05) is 30.7 Å². The number of amides is 1. The zero-order chi connectivity index (χ0) is 18.4. The molecule has 27 heavy (non-hydrogen) atoms. The third-order valence-corrected chi connectivity index (χ3v) is 6.91. The number of hydrogen-bond donors (Lipinski definition) is 1. The molecule has 3 fully saturated rings. The van der Waals surface area contributed by atoms with Gasteiger partial charge in [0.15, 0.2) is 0 Å². The number of fused-ring (bicyclic) bond motifs is 5. The van der Waals surface area contributed by atoms with Crippen LogP contribution in [0.15, 0.2) is 36.4 Å². The van der Waals surface area contributed by atoms with Crippen LogP contribution >= 0.6 is 0 Å². The van der Waals surface area contributed by atoms with E-state index < -0.39 is 0 Å². The van der Waals surface area contributed by atoms with E-state index >= 15 is 0 Å². The van der Waals surface area contributed by atoms with Gasteiger partial charge in [0.2, 0.25) is 0 Å². The largest absolute Gasteiger partial charge is 0.395 e. The van der Waals surface area contributed by atoms with Gasteiger partial charge in [-0.05, 0) is 49.8 Å². The molecule has 1 aromatic heterocycles. The molecule has 142 valence electrons. The van der Waals surface area contributed by atoms with Crippen LogP contribution in [0.5, 0.6) is 0 Å². The van der Waals surface area contributed by atoms with Crippen molar-refractivity contribution >= 4 is 16.8 Å². The number of aliphatic hydroxyl groups is 1. The van der Waals surface area contributed by atoms with E-state index in [2.05, 4.69) is 9.88 Å². The summed E-state index contributed by atoms with van der Waals surface area (Å²) in [7, 11) is 0. The quantitative estimate of drug-likeness (QED) is 0.889. The van der Waals surface area contributed by atoms with Crippen molar-refractivity contribution in [3.05, 3.63) is 42.1 Å². The topological polar surface area (TPSA) is 56.7 Å². The summed E-state index contributed by atoms with van der Waals surface area (Å²) in [6.07, 6.45) is 4.84. The van der Waals surface area contributed by atoms with Crippen LogP contribution in [0.25, 0.3) is 10.9 Å². The van der Waals surface area contributed by atoms with Crippen LogP contribution < -0.4 is 0 Å². The van der Waals surface area contributed by atoms with E-state index in [0.717, 1.165) is 37.0 Å². The molecule has 0 unspecified atom stereocenters. The number of benzene rings is 1. The van der Waals surface area contributed by atoms with E-state index in [-0.39, 0.29) is 18.6 Å². The first-order chi connectivity index (χ1) is 13.2. The van der Waals surface area contributed by atoms with E-state index in [1.165, 1.54) is 19.3 Å². The Kier molecular flexibility index (Phi) is 4.37. The van der Waals surface area contributed by atoms with Gasteiger partial charge in [0, 0.05) is 30.6 Å². The Morgan fingerprint density at radius 3 is 2.85 bits per heavy atom. The second-order valence-corrected chi connectivity index (χ2v) is 8.41. The molecule has 5 nitrogen and oxygen atoms in total. The highest BCUT2D eigenvalue weighted by Crippen LogP contribution is 2.41. The maximum absolute atomic E-state index is 13.2. The molecule has 0 radical (unpaired) electrons. The molecule has 1 N–H and O–H groups in total.